The van der Waals surface area contributed by atoms with Gasteiger partial charge in [-0.15, -0.1) is 0 Å². The molecule has 152 valence electrons. The van der Waals surface area contributed by atoms with E-state index in [4.69, 9.17) is 0 Å². The largest absolute Gasteiger partial charge is 0.352 e. The Morgan fingerprint density at radius 1 is 1.07 bits per heavy atom. The van der Waals surface area contributed by atoms with E-state index >= 15 is 0 Å². The molecule has 0 aliphatic heterocycles. The highest BCUT2D eigenvalue weighted by atomic mass is 16.2. The van der Waals surface area contributed by atoms with E-state index in [2.05, 4.69) is 31.6 Å². The molecule has 0 spiro atoms. The highest BCUT2D eigenvalue weighted by Gasteiger charge is 2.09. The Hall–Kier alpha value is -3.35. The minimum absolute atomic E-state index is 0.0594. The van der Waals surface area contributed by atoms with Gasteiger partial charge in [0.25, 0.3) is 5.91 Å². The van der Waals surface area contributed by atoms with Crippen molar-refractivity contribution in [2.75, 3.05) is 11.9 Å². The molecule has 0 fully saturated rings. The van der Waals surface area contributed by atoms with E-state index < -0.39 is 0 Å². The van der Waals surface area contributed by atoms with Crippen molar-refractivity contribution in [2.45, 2.75) is 39.8 Å². The van der Waals surface area contributed by atoms with Crippen LogP contribution in [-0.4, -0.2) is 34.1 Å². The van der Waals surface area contributed by atoms with E-state index in [1.807, 2.05) is 39.0 Å². The molecule has 7 heteroatoms. The van der Waals surface area contributed by atoms with Gasteiger partial charge in [0.2, 0.25) is 0 Å². The van der Waals surface area contributed by atoms with Gasteiger partial charge < -0.3 is 20.5 Å². The van der Waals surface area contributed by atoms with E-state index in [1.54, 1.807) is 24.3 Å². The number of fused-ring (bicyclic) bond motifs is 1. The van der Waals surface area contributed by atoms with Crippen LogP contribution in [0.2, 0.25) is 0 Å². The van der Waals surface area contributed by atoms with Crippen LogP contribution in [0.1, 0.15) is 36.5 Å². The molecular formula is C22H27N5O2. The van der Waals surface area contributed by atoms with Crippen molar-refractivity contribution >= 4 is 28.7 Å². The molecule has 1 aromatic heterocycles. The maximum atomic E-state index is 12.3. The second-order valence-corrected chi connectivity index (χ2v) is 7.24. The van der Waals surface area contributed by atoms with Crippen molar-refractivity contribution in [3.8, 4) is 0 Å². The molecule has 0 saturated carbocycles. The molecule has 3 rings (SSSR count). The Morgan fingerprint density at radius 3 is 2.52 bits per heavy atom. The fraction of sp³-hybridized carbons (Fsp3) is 0.318. The van der Waals surface area contributed by atoms with Crippen LogP contribution in [0.5, 0.6) is 0 Å². The van der Waals surface area contributed by atoms with Gasteiger partial charge >= 0.3 is 6.03 Å². The van der Waals surface area contributed by atoms with Gasteiger partial charge in [-0.05, 0) is 63.6 Å². The molecule has 0 unspecified atom stereocenters. The Labute approximate surface area is 170 Å². The van der Waals surface area contributed by atoms with Crippen LogP contribution >= 0.6 is 0 Å². The number of imidazole rings is 1. The molecule has 0 atom stereocenters. The molecule has 3 aromatic rings. The number of benzene rings is 2. The Balaban J connectivity index is 1.48. The molecular weight excluding hydrogens is 366 g/mol. The van der Waals surface area contributed by atoms with Crippen molar-refractivity contribution in [2.24, 2.45) is 0 Å². The molecule has 7 nitrogen and oxygen atoms in total. The quantitative estimate of drug-likeness (QED) is 0.535. The molecule has 0 saturated heterocycles. The maximum absolute atomic E-state index is 12.3. The topological polar surface area (TPSA) is 88.1 Å². The molecule has 3 N–H and O–H groups in total. The number of hydrogen-bond donors (Lipinski definition) is 3. The van der Waals surface area contributed by atoms with Crippen LogP contribution < -0.4 is 16.0 Å². The first-order valence-corrected chi connectivity index (χ1v) is 9.81. The van der Waals surface area contributed by atoms with Crippen LogP contribution in [0.15, 0.2) is 48.5 Å². The normalized spacial score (nSPS) is 10.9. The number of rotatable bonds is 7. The second-order valence-electron chi connectivity index (χ2n) is 7.24. The smallest absolute Gasteiger partial charge is 0.319 e. The number of nitrogens with zero attached hydrogens (tertiary/aromatic N) is 2. The third-order valence-electron chi connectivity index (χ3n) is 4.51. The zero-order chi connectivity index (χ0) is 20.8. The molecule has 0 bridgehead atoms. The third kappa shape index (κ3) is 5.34. The zero-order valence-corrected chi connectivity index (χ0v) is 17.0. The number of urea groups is 1. The molecule has 0 aliphatic carbocycles. The zero-order valence-electron chi connectivity index (χ0n) is 17.0. The summed E-state index contributed by atoms with van der Waals surface area (Å²) in [6.07, 6.45) is 0.807. The van der Waals surface area contributed by atoms with Gasteiger partial charge in [0, 0.05) is 30.4 Å². The lowest BCUT2D eigenvalue weighted by atomic mass is 10.2. The van der Waals surface area contributed by atoms with Crippen molar-refractivity contribution in [1.82, 2.24) is 20.2 Å². The van der Waals surface area contributed by atoms with E-state index in [0.29, 0.717) is 17.8 Å². The van der Waals surface area contributed by atoms with Crippen molar-refractivity contribution in [3.63, 3.8) is 0 Å². The predicted molar refractivity (Wildman–Crippen MR) is 115 cm³/mol. The van der Waals surface area contributed by atoms with Gasteiger partial charge in [-0.1, -0.05) is 12.1 Å². The number of carbonyl (C=O) groups is 2. The van der Waals surface area contributed by atoms with Gasteiger partial charge in [0.15, 0.2) is 0 Å². The van der Waals surface area contributed by atoms with Gasteiger partial charge in [0.05, 0.1) is 11.0 Å². The lowest BCUT2D eigenvalue weighted by Gasteiger charge is -2.11. The number of nitrogens with one attached hydrogen (secondary N) is 3. The van der Waals surface area contributed by atoms with Crippen LogP contribution in [0.25, 0.3) is 11.0 Å². The number of anilines is 1. The van der Waals surface area contributed by atoms with Crippen LogP contribution in [0, 0.1) is 6.92 Å². The lowest BCUT2D eigenvalue weighted by molar-refractivity contribution is 0.0953. The van der Waals surface area contributed by atoms with Gasteiger partial charge in [-0.3, -0.25) is 4.79 Å². The van der Waals surface area contributed by atoms with Crippen LogP contribution in [0.3, 0.4) is 0 Å². The monoisotopic (exact) mass is 393 g/mol. The van der Waals surface area contributed by atoms with Gasteiger partial charge in [-0.25, -0.2) is 9.78 Å². The summed E-state index contributed by atoms with van der Waals surface area (Å²) in [6.45, 7) is 7.14. The summed E-state index contributed by atoms with van der Waals surface area (Å²) in [4.78, 5) is 28.6. The summed E-state index contributed by atoms with van der Waals surface area (Å²) in [5.41, 5.74) is 3.30. The van der Waals surface area contributed by atoms with Crippen molar-refractivity contribution in [1.29, 1.82) is 0 Å². The van der Waals surface area contributed by atoms with E-state index in [0.717, 1.165) is 29.8 Å². The minimum Gasteiger partial charge on any atom is -0.352 e. The summed E-state index contributed by atoms with van der Waals surface area (Å²) in [5, 5.41) is 8.43. The standard InChI is InChI=1S/C22H27N5O2/c1-15(2)24-22(29)26-18-11-9-17(10-12-18)21(28)23-13-6-14-27-16(3)25-19-7-4-5-8-20(19)27/h4-5,7-12,15H,6,13-14H2,1-3H3,(H,23,28)(H2,24,26,29). The summed E-state index contributed by atoms with van der Waals surface area (Å²) in [5.74, 6) is 0.845. The summed E-state index contributed by atoms with van der Waals surface area (Å²) < 4.78 is 2.17. The van der Waals surface area contributed by atoms with Gasteiger partial charge in [0.1, 0.15) is 5.82 Å². The summed E-state index contributed by atoms with van der Waals surface area (Å²) in [7, 11) is 0. The fourth-order valence-electron chi connectivity index (χ4n) is 3.15. The second kappa shape index (κ2) is 9.23. The van der Waals surface area contributed by atoms with Crippen LogP contribution in [0.4, 0.5) is 10.5 Å². The lowest BCUT2D eigenvalue weighted by Crippen LogP contribution is -2.34. The summed E-state index contributed by atoms with van der Waals surface area (Å²) in [6, 6.07) is 14.7. The first-order valence-electron chi connectivity index (χ1n) is 9.81. The van der Waals surface area contributed by atoms with Gasteiger partial charge in [-0.2, -0.15) is 0 Å². The number of aromatic nitrogens is 2. The summed E-state index contributed by atoms with van der Waals surface area (Å²) >= 11 is 0. The average Bonchev–Trinajstić information content (AvgIpc) is 3.00. The maximum Gasteiger partial charge on any atom is 0.319 e. The van der Waals surface area contributed by atoms with E-state index in [1.165, 1.54) is 0 Å². The first-order chi connectivity index (χ1) is 13.9. The van der Waals surface area contributed by atoms with E-state index in [-0.39, 0.29) is 18.0 Å². The molecule has 1 heterocycles. The average molecular weight is 393 g/mol. The number of para-hydroxylation sites is 2. The number of hydrogen-bond acceptors (Lipinski definition) is 3. The molecule has 0 radical (unpaired) electrons. The molecule has 29 heavy (non-hydrogen) atoms. The predicted octanol–water partition coefficient (Wildman–Crippen LogP) is 3.69. The molecule has 2 aromatic carbocycles. The SMILES string of the molecule is Cc1nc2ccccc2n1CCCNC(=O)c1ccc(NC(=O)NC(C)C)cc1. The third-order valence-corrected chi connectivity index (χ3v) is 4.51. The Morgan fingerprint density at radius 2 is 1.79 bits per heavy atom. The Bertz CT molecular complexity index is 992. The first kappa shape index (κ1) is 20.4. The van der Waals surface area contributed by atoms with Crippen LogP contribution in [-0.2, 0) is 6.54 Å². The number of amides is 3. The van der Waals surface area contributed by atoms with E-state index in [9.17, 15) is 9.59 Å². The molecule has 0 aliphatic rings. The Kier molecular flexibility index (Phi) is 6.49. The van der Waals surface area contributed by atoms with Crippen molar-refractivity contribution in [3.05, 3.63) is 59.9 Å². The minimum atomic E-state index is -0.264. The molecule has 3 amide bonds. The fourth-order valence-corrected chi connectivity index (χ4v) is 3.15. The van der Waals surface area contributed by atoms with Crippen molar-refractivity contribution < 1.29 is 9.59 Å². The highest BCUT2D eigenvalue weighted by molar-refractivity contribution is 5.95. The number of carbonyl (C=O) groups excluding carboxylic acids is 2. The number of aryl methyl sites for hydroxylation is 2. The highest BCUT2D eigenvalue weighted by Crippen LogP contribution is 2.15.